The number of amides is 1. The van der Waals surface area contributed by atoms with E-state index in [1.54, 1.807) is 0 Å². The molecular formula is C15H19Br2NO. The molecule has 0 spiro atoms. The largest absolute Gasteiger partial charge is 0.338 e. The molecule has 1 saturated heterocycles. The highest BCUT2D eigenvalue weighted by molar-refractivity contribution is 9.11. The van der Waals surface area contributed by atoms with Gasteiger partial charge in [-0.15, -0.1) is 0 Å². The van der Waals surface area contributed by atoms with Crippen LogP contribution in [0, 0.1) is 5.41 Å². The Hall–Kier alpha value is -0.350. The summed E-state index contributed by atoms with van der Waals surface area (Å²) in [6, 6.07) is 5.75. The van der Waals surface area contributed by atoms with Gasteiger partial charge in [-0.05, 0) is 58.8 Å². The van der Waals surface area contributed by atoms with E-state index < -0.39 is 0 Å². The first-order valence-corrected chi connectivity index (χ1v) is 8.34. The van der Waals surface area contributed by atoms with Crippen molar-refractivity contribution in [2.24, 2.45) is 5.41 Å². The van der Waals surface area contributed by atoms with Crippen LogP contribution in [0.1, 0.15) is 43.5 Å². The van der Waals surface area contributed by atoms with E-state index in [0.717, 1.165) is 46.9 Å². The topological polar surface area (TPSA) is 20.3 Å². The number of nitrogens with zero attached hydrogens (tertiary/aromatic N) is 1. The second-order valence-corrected chi connectivity index (χ2v) is 7.08. The summed E-state index contributed by atoms with van der Waals surface area (Å²) in [6.45, 7) is 6.22. The second-order valence-electron chi connectivity index (χ2n) is 5.31. The van der Waals surface area contributed by atoms with E-state index in [1.165, 1.54) is 0 Å². The molecule has 19 heavy (non-hydrogen) atoms. The van der Waals surface area contributed by atoms with Crippen molar-refractivity contribution < 1.29 is 4.79 Å². The molecule has 1 aromatic rings. The summed E-state index contributed by atoms with van der Waals surface area (Å²) in [4.78, 5) is 14.6. The molecule has 2 nitrogen and oxygen atoms in total. The molecule has 1 heterocycles. The van der Waals surface area contributed by atoms with Crippen LogP contribution < -0.4 is 0 Å². The van der Waals surface area contributed by atoms with Gasteiger partial charge in [0.2, 0.25) is 0 Å². The van der Waals surface area contributed by atoms with E-state index >= 15 is 0 Å². The summed E-state index contributed by atoms with van der Waals surface area (Å²) in [7, 11) is 0. The van der Waals surface area contributed by atoms with Crippen molar-refractivity contribution in [3.05, 3.63) is 32.7 Å². The lowest BCUT2D eigenvalue weighted by Gasteiger charge is -2.26. The van der Waals surface area contributed by atoms with Crippen LogP contribution >= 0.6 is 31.9 Å². The number of rotatable bonds is 3. The van der Waals surface area contributed by atoms with Gasteiger partial charge < -0.3 is 4.90 Å². The third-order valence-corrected chi connectivity index (χ3v) is 5.57. The molecule has 0 N–H and O–H groups in total. The smallest absolute Gasteiger partial charge is 0.255 e. The van der Waals surface area contributed by atoms with Crippen LogP contribution in [0.25, 0.3) is 0 Å². The van der Waals surface area contributed by atoms with Crippen LogP contribution in [-0.2, 0) is 0 Å². The molecule has 1 fully saturated rings. The van der Waals surface area contributed by atoms with Crippen LogP contribution in [0.3, 0.4) is 0 Å². The average Bonchev–Trinajstić information content (AvgIpc) is 2.86. The third kappa shape index (κ3) is 3.05. The fraction of sp³-hybridized carbons (Fsp3) is 0.533. The molecule has 1 aromatic carbocycles. The first-order chi connectivity index (χ1) is 9.01. The Balaban J connectivity index is 2.20. The first kappa shape index (κ1) is 15.0. The van der Waals surface area contributed by atoms with Crippen molar-refractivity contribution in [3.8, 4) is 0 Å². The van der Waals surface area contributed by atoms with Gasteiger partial charge in [0.1, 0.15) is 0 Å². The molecule has 0 aromatic heterocycles. The maximum Gasteiger partial charge on any atom is 0.255 e. The molecule has 0 radical (unpaired) electrons. The van der Waals surface area contributed by atoms with Crippen LogP contribution in [0.2, 0.25) is 0 Å². The normalized spacial score (nSPS) is 17.8. The lowest BCUT2D eigenvalue weighted by atomic mass is 9.82. The Labute approximate surface area is 131 Å². The van der Waals surface area contributed by atoms with Gasteiger partial charge in [0.25, 0.3) is 5.91 Å². The summed E-state index contributed by atoms with van der Waals surface area (Å²) in [5.74, 6) is 0.136. The fourth-order valence-electron chi connectivity index (χ4n) is 2.77. The van der Waals surface area contributed by atoms with Gasteiger partial charge in [0, 0.05) is 22.0 Å². The molecule has 0 aliphatic carbocycles. The molecule has 0 unspecified atom stereocenters. The first-order valence-electron chi connectivity index (χ1n) is 6.75. The molecule has 0 saturated carbocycles. The molecule has 1 aliphatic rings. The monoisotopic (exact) mass is 387 g/mol. The van der Waals surface area contributed by atoms with Gasteiger partial charge in [-0.2, -0.15) is 0 Å². The van der Waals surface area contributed by atoms with Crippen molar-refractivity contribution in [3.63, 3.8) is 0 Å². The maximum atomic E-state index is 12.6. The highest BCUT2D eigenvalue weighted by atomic mass is 79.9. The minimum Gasteiger partial charge on any atom is -0.338 e. The SMILES string of the molecule is CCC1(CC)CCN(C(=O)c2cc(Br)ccc2Br)C1. The quantitative estimate of drug-likeness (QED) is 0.723. The van der Waals surface area contributed by atoms with E-state index in [0.29, 0.717) is 5.41 Å². The van der Waals surface area contributed by atoms with Crippen molar-refractivity contribution in [2.75, 3.05) is 13.1 Å². The summed E-state index contributed by atoms with van der Waals surface area (Å²) >= 11 is 6.90. The summed E-state index contributed by atoms with van der Waals surface area (Å²) in [6.07, 6.45) is 3.41. The van der Waals surface area contributed by atoms with Gasteiger partial charge in [-0.3, -0.25) is 4.79 Å². The van der Waals surface area contributed by atoms with E-state index in [4.69, 9.17) is 0 Å². The highest BCUT2D eigenvalue weighted by Gasteiger charge is 2.37. The van der Waals surface area contributed by atoms with Crippen LogP contribution in [0.15, 0.2) is 27.1 Å². The molecule has 4 heteroatoms. The van der Waals surface area contributed by atoms with E-state index in [9.17, 15) is 4.79 Å². The van der Waals surface area contributed by atoms with E-state index in [-0.39, 0.29) is 5.91 Å². The Morgan fingerprint density at radius 2 is 2.00 bits per heavy atom. The van der Waals surface area contributed by atoms with Crippen molar-refractivity contribution >= 4 is 37.8 Å². The standard InChI is InChI=1S/C15H19Br2NO/c1-3-15(4-2)7-8-18(10-15)14(19)12-9-11(16)5-6-13(12)17/h5-6,9H,3-4,7-8,10H2,1-2H3. The lowest BCUT2D eigenvalue weighted by Crippen LogP contribution is -2.32. The highest BCUT2D eigenvalue weighted by Crippen LogP contribution is 2.38. The van der Waals surface area contributed by atoms with Crippen LogP contribution in [-0.4, -0.2) is 23.9 Å². The van der Waals surface area contributed by atoms with Gasteiger partial charge in [-0.25, -0.2) is 0 Å². The molecule has 2 rings (SSSR count). The summed E-state index contributed by atoms with van der Waals surface area (Å²) < 4.78 is 1.81. The van der Waals surface area contributed by atoms with Gasteiger partial charge >= 0.3 is 0 Å². The van der Waals surface area contributed by atoms with Crippen LogP contribution in [0.4, 0.5) is 0 Å². The average molecular weight is 389 g/mol. The summed E-state index contributed by atoms with van der Waals surface area (Å²) in [5, 5.41) is 0. The van der Waals surface area contributed by atoms with Crippen molar-refractivity contribution in [2.45, 2.75) is 33.1 Å². The van der Waals surface area contributed by atoms with Gasteiger partial charge in [-0.1, -0.05) is 29.8 Å². The number of halogens is 2. The number of carbonyl (C=O) groups excluding carboxylic acids is 1. The van der Waals surface area contributed by atoms with Crippen LogP contribution in [0.5, 0.6) is 0 Å². The predicted molar refractivity (Wildman–Crippen MR) is 85.4 cm³/mol. The minimum absolute atomic E-state index is 0.136. The number of likely N-dealkylation sites (tertiary alicyclic amines) is 1. The van der Waals surface area contributed by atoms with E-state index in [1.807, 2.05) is 23.1 Å². The predicted octanol–water partition coefficient (Wildman–Crippen LogP) is 4.86. The third-order valence-electron chi connectivity index (χ3n) is 4.38. The molecular weight excluding hydrogens is 370 g/mol. The molecule has 1 aliphatic heterocycles. The van der Waals surface area contributed by atoms with Gasteiger partial charge in [0.05, 0.1) is 5.56 Å². The molecule has 0 bridgehead atoms. The Morgan fingerprint density at radius 1 is 1.32 bits per heavy atom. The zero-order chi connectivity index (χ0) is 14.0. The van der Waals surface area contributed by atoms with Crippen molar-refractivity contribution in [1.29, 1.82) is 0 Å². The Morgan fingerprint density at radius 3 is 2.58 bits per heavy atom. The number of carbonyl (C=O) groups is 1. The molecule has 104 valence electrons. The number of hydrogen-bond acceptors (Lipinski definition) is 1. The lowest BCUT2D eigenvalue weighted by molar-refractivity contribution is 0.0769. The maximum absolute atomic E-state index is 12.6. The zero-order valence-electron chi connectivity index (χ0n) is 11.4. The molecule has 1 amide bonds. The fourth-order valence-corrected chi connectivity index (χ4v) is 3.54. The summed E-state index contributed by atoms with van der Waals surface area (Å²) in [5.41, 5.74) is 1.08. The Bertz CT molecular complexity index is 483. The van der Waals surface area contributed by atoms with Crippen molar-refractivity contribution in [1.82, 2.24) is 4.90 Å². The molecule has 0 atom stereocenters. The van der Waals surface area contributed by atoms with E-state index in [2.05, 4.69) is 45.7 Å². The Kier molecular flexibility index (Phi) is 4.72. The number of benzene rings is 1. The minimum atomic E-state index is 0.136. The zero-order valence-corrected chi connectivity index (χ0v) is 14.6. The van der Waals surface area contributed by atoms with Gasteiger partial charge in [0.15, 0.2) is 0 Å². The second kappa shape index (κ2) is 5.96. The number of hydrogen-bond donors (Lipinski definition) is 0.